The number of fused-ring (bicyclic) bond motifs is 1. The molecule has 0 saturated carbocycles. The third-order valence-corrected chi connectivity index (χ3v) is 3.18. The van der Waals surface area contributed by atoms with Gasteiger partial charge in [0.2, 0.25) is 0 Å². The number of nitrogens with zero attached hydrogens (tertiary/aromatic N) is 2. The Hall–Kier alpha value is -2.03. The molecule has 0 amide bonds. The molecule has 1 aromatic carbocycles. The molecule has 1 aromatic heterocycles. The molecule has 1 aliphatic heterocycles. The van der Waals surface area contributed by atoms with Crippen molar-refractivity contribution in [2.45, 2.75) is 12.8 Å². The maximum atomic E-state index is 6.00. The first-order valence-electron chi connectivity index (χ1n) is 5.92. The van der Waals surface area contributed by atoms with Crippen LogP contribution in [0.2, 0.25) is 0 Å². The maximum absolute atomic E-state index is 6.00. The molecule has 3 heteroatoms. The first kappa shape index (κ1) is 10.1. The van der Waals surface area contributed by atoms with Crippen LogP contribution in [0.15, 0.2) is 42.6 Å². The molecule has 3 rings (SSSR count). The molecular weight excluding hydrogens is 210 g/mol. The van der Waals surface area contributed by atoms with E-state index in [4.69, 9.17) is 5.73 Å². The minimum atomic E-state index is 0.740. The summed E-state index contributed by atoms with van der Waals surface area (Å²) in [5.74, 6) is 0.875. The van der Waals surface area contributed by atoms with E-state index in [0.29, 0.717) is 0 Å². The number of anilines is 3. The van der Waals surface area contributed by atoms with E-state index in [1.54, 1.807) is 6.20 Å². The van der Waals surface area contributed by atoms with Gasteiger partial charge in [-0.25, -0.2) is 4.98 Å². The molecular formula is C14H15N3. The van der Waals surface area contributed by atoms with Gasteiger partial charge >= 0.3 is 0 Å². The van der Waals surface area contributed by atoms with Crippen molar-refractivity contribution in [2.75, 3.05) is 17.2 Å². The third-order valence-electron chi connectivity index (χ3n) is 3.18. The van der Waals surface area contributed by atoms with Crippen LogP contribution >= 0.6 is 0 Å². The van der Waals surface area contributed by atoms with Gasteiger partial charge in [0, 0.05) is 18.4 Å². The van der Waals surface area contributed by atoms with Crippen molar-refractivity contribution in [3.63, 3.8) is 0 Å². The van der Waals surface area contributed by atoms with Crippen LogP contribution in [0.4, 0.5) is 17.2 Å². The molecule has 86 valence electrons. The lowest BCUT2D eigenvalue weighted by atomic mass is 10.0. The molecule has 2 aromatic rings. The van der Waals surface area contributed by atoms with Gasteiger partial charge in [-0.05, 0) is 36.6 Å². The number of aryl methyl sites for hydroxylation is 1. The molecule has 0 fully saturated rings. The van der Waals surface area contributed by atoms with E-state index in [1.807, 2.05) is 12.1 Å². The zero-order valence-corrected chi connectivity index (χ0v) is 9.63. The lowest BCUT2D eigenvalue weighted by Gasteiger charge is -2.31. The Morgan fingerprint density at radius 2 is 2.00 bits per heavy atom. The largest absolute Gasteiger partial charge is 0.396 e. The number of nitrogens with two attached hydrogens (primary N) is 1. The highest BCUT2D eigenvalue weighted by molar-refractivity contribution is 5.73. The summed E-state index contributed by atoms with van der Waals surface area (Å²) >= 11 is 0. The SMILES string of the molecule is Nc1cccnc1N1CCCc2ccccc21. The van der Waals surface area contributed by atoms with Crippen molar-refractivity contribution >= 4 is 17.2 Å². The van der Waals surface area contributed by atoms with Gasteiger partial charge in [0.25, 0.3) is 0 Å². The van der Waals surface area contributed by atoms with Gasteiger partial charge in [0.15, 0.2) is 5.82 Å². The fourth-order valence-electron chi connectivity index (χ4n) is 2.39. The van der Waals surface area contributed by atoms with Gasteiger partial charge in [-0.2, -0.15) is 0 Å². The highest BCUT2D eigenvalue weighted by Gasteiger charge is 2.19. The highest BCUT2D eigenvalue weighted by atomic mass is 15.2. The summed E-state index contributed by atoms with van der Waals surface area (Å²) in [4.78, 5) is 6.62. The van der Waals surface area contributed by atoms with Crippen LogP contribution < -0.4 is 10.6 Å². The van der Waals surface area contributed by atoms with E-state index in [0.717, 1.165) is 30.9 Å². The van der Waals surface area contributed by atoms with E-state index in [-0.39, 0.29) is 0 Å². The lowest BCUT2D eigenvalue weighted by Crippen LogP contribution is -2.26. The van der Waals surface area contributed by atoms with Crippen molar-refractivity contribution in [1.82, 2.24) is 4.98 Å². The van der Waals surface area contributed by atoms with Gasteiger partial charge in [0.05, 0.1) is 5.69 Å². The third kappa shape index (κ3) is 1.73. The molecule has 0 atom stereocenters. The molecule has 3 nitrogen and oxygen atoms in total. The van der Waals surface area contributed by atoms with Gasteiger partial charge in [-0.1, -0.05) is 18.2 Å². The number of rotatable bonds is 1. The highest BCUT2D eigenvalue weighted by Crippen LogP contribution is 2.34. The number of nitrogen functional groups attached to an aromatic ring is 1. The van der Waals surface area contributed by atoms with E-state index in [2.05, 4.69) is 34.1 Å². The fraction of sp³-hybridized carbons (Fsp3) is 0.214. The van der Waals surface area contributed by atoms with E-state index < -0.39 is 0 Å². The Kier molecular flexibility index (Phi) is 2.44. The summed E-state index contributed by atoms with van der Waals surface area (Å²) in [6.45, 7) is 0.984. The fourth-order valence-corrected chi connectivity index (χ4v) is 2.39. The summed E-state index contributed by atoms with van der Waals surface area (Å²) in [6.07, 6.45) is 4.08. The standard InChI is InChI=1S/C14H15N3/c15-12-7-3-9-16-14(12)17-10-4-6-11-5-1-2-8-13(11)17/h1-3,5,7-9H,4,6,10,15H2. The molecule has 0 saturated heterocycles. The second kappa shape index (κ2) is 4.09. The van der Waals surface area contributed by atoms with E-state index >= 15 is 0 Å². The first-order chi connectivity index (χ1) is 8.36. The molecule has 0 spiro atoms. The predicted octanol–water partition coefficient (Wildman–Crippen LogP) is 2.75. The van der Waals surface area contributed by atoms with Crippen molar-refractivity contribution in [1.29, 1.82) is 0 Å². The molecule has 1 aliphatic rings. The number of benzene rings is 1. The number of pyridine rings is 1. The van der Waals surface area contributed by atoms with Crippen LogP contribution in [0.5, 0.6) is 0 Å². The van der Waals surface area contributed by atoms with Crippen LogP contribution in [-0.4, -0.2) is 11.5 Å². The van der Waals surface area contributed by atoms with E-state index in [9.17, 15) is 0 Å². The van der Waals surface area contributed by atoms with Gasteiger partial charge in [-0.15, -0.1) is 0 Å². The second-order valence-electron chi connectivity index (χ2n) is 4.30. The van der Waals surface area contributed by atoms with Crippen LogP contribution in [-0.2, 0) is 6.42 Å². The summed E-state index contributed by atoms with van der Waals surface area (Å²) in [7, 11) is 0. The van der Waals surface area contributed by atoms with Crippen molar-refractivity contribution in [2.24, 2.45) is 0 Å². The maximum Gasteiger partial charge on any atom is 0.156 e. The van der Waals surface area contributed by atoms with Crippen molar-refractivity contribution < 1.29 is 0 Å². The van der Waals surface area contributed by atoms with Gasteiger partial charge < -0.3 is 10.6 Å². The lowest BCUT2D eigenvalue weighted by molar-refractivity contribution is 0.760. The molecule has 17 heavy (non-hydrogen) atoms. The number of aromatic nitrogens is 1. The minimum absolute atomic E-state index is 0.740. The Bertz CT molecular complexity index is 536. The van der Waals surface area contributed by atoms with E-state index in [1.165, 1.54) is 11.3 Å². The molecule has 2 heterocycles. The summed E-state index contributed by atoms with van der Waals surface area (Å²) in [6, 6.07) is 12.2. The monoisotopic (exact) mass is 225 g/mol. The molecule has 0 aliphatic carbocycles. The molecule has 0 unspecified atom stereocenters. The van der Waals surface area contributed by atoms with Crippen molar-refractivity contribution in [3.05, 3.63) is 48.2 Å². The Labute approximate surface area is 101 Å². The minimum Gasteiger partial charge on any atom is -0.396 e. The Morgan fingerprint density at radius 1 is 1.12 bits per heavy atom. The molecule has 0 bridgehead atoms. The summed E-state index contributed by atoms with van der Waals surface area (Å²) in [5.41, 5.74) is 9.36. The van der Waals surface area contributed by atoms with Crippen LogP contribution in [0.25, 0.3) is 0 Å². The molecule has 0 radical (unpaired) electrons. The average molecular weight is 225 g/mol. The first-order valence-corrected chi connectivity index (χ1v) is 5.92. The molecule has 2 N–H and O–H groups in total. The summed E-state index contributed by atoms with van der Waals surface area (Å²) < 4.78 is 0. The van der Waals surface area contributed by atoms with Crippen LogP contribution in [0.3, 0.4) is 0 Å². The topological polar surface area (TPSA) is 42.1 Å². The Balaban J connectivity index is 2.09. The van der Waals surface area contributed by atoms with Crippen LogP contribution in [0.1, 0.15) is 12.0 Å². The van der Waals surface area contributed by atoms with Crippen molar-refractivity contribution in [3.8, 4) is 0 Å². The quantitative estimate of drug-likeness (QED) is 0.811. The zero-order chi connectivity index (χ0) is 11.7. The number of hydrogen-bond donors (Lipinski definition) is 1. The average Bonchev–Trinajstić information content (AvgIpc) is 2.39. The number of para-hydroxylation sites is 1. The van der Waals surface area contributed by atoms with Gasteiger partial charge in [0.1, 0.15) is 0 Å². The number of hydrogen-bond acceptors (Lipinski definition) is 3. The second-order valence-corrected chi connectivity index (χ2v) is 4.30. The van der Waals surface area contributed by atoms with Crippen LogP contribution in [0, 0.1) is 0 Å². The predicted molar refractivity (Wildman–Crippen MR) is 70.4 cm³/mol. The van der Waals surface area contributed by atoms with Gasteiger partial charge in [-0.3, -0.25) is 0 Å². The smallest absolute Gasteiger partial charge is 0.156 e. The zero-order valence-electron chi connectivity index (χ0n) is 9.63. The normalized spacial score (nSPS) is 14.5. The summed E-state index contributed by atoms with van der Waals surface area (Å²) in [5, 5.41) is 0. The Morgan fingerprint density at radius 3 is 2.88 bits per heavy atom.